The van der Waals surface area contributed by atoms with Crippen molar-refractivity contribution < 1.29 is 4.79 Å². The summed E-state index contributed by atoms with van der Waals surface area (Å²) in [6.07, 6.45) is 6.71. The Labute approximate surface area is 106 Å². The Hall–Kier alpha value is -1.84. The van der Waals surface area contributed by atoms with Gasteiger partial charge in [-0.25, -0.2) is 0 Å². The smallest absolute Gasteiger partial charge is 0.251 e. The zero-order chi connectivity index (χ0) is 13.0. The summed E-state index contributed by atoms with van der Waals surface area (Å²) in [6, 6.07) is 3.02. The minimum Gasteiger partial charge on any atom is -0.352 e. The van der Waals surface area contributed by atoms with Crippen LogP contribution < -0.4 is 10.9 Å². The highest BCUT2D eigenvalue weighted by Gasteiger charge is 2.08. The van der Waals surface area contributed by atoms with Crippen LogP contribution in [0.15, 0.2) is 28.6 Å². The maximum atomic E-state index is 11.8. The maximum Gasteiger partial charge on any atom is 0.251 e. The van der Waals surface area contributed by atoms with Crippen molar-refractivity contribution in [1.29, 1.82) is 0 Å². The van der Waals surface area contributed by atoms with Crippen molar-refractivity contribution >= 4 is 5.91 Å². The molecule has 1 aliphatic rings. The third kappa shape index (κ3) is 3.32. The van der Waals surface area contributed by atoms with E-state index in [0.29, 0.717) is 17.8 Å². The van der Waals surface area contributed by atoms with E-state index >= 15 is 0 Å². The number of aromatic amines is 1. The number of hydrogen-bond acceptors (Lipinski definition) is 2. The number of pyridine rings is 1. The lowest BCUT2D eigenvalue weighted by Crippen LogP contribution is -2.26. The van der Waals surface area contributed by atoms with E-state index < -0.39 is 0 Å². The molecule has 0 bridgehead atoms. The number of H-pyrrole nitrogens is 1. The Morgan fingerprint density at radius 2 is 2.28 bits per heavy atom. The molecule has 0 radical (unpaired) electrons. The van der Waals surface area contributed by atoms with Crippen LogP contribution >= 0.6 is 0 Å². The summed E-state index contributed by atoms with van der Waals surface area (Å²) in [6.45, 7) is 2.40. The molecular weight excluding hydrogens is 228 g/mol. The molecule has 0 aromatic carbocycles. The topological polar surface area (TPSA) is 62.0 Å². The standard InChI is InChI=1S/C14H18N2O2/c1-10-8-12(9-13(17)16-10)14(18)15-7-6-11-4-2-3-5-11/h4,8-9H,2-3,5-7H2,1H3,(H,15,18)(H,16,17). The normalized spacial score (nSPS) is 14.4. The van der Waals surface area contributed by atoms with Crippen LogP contribution in [0.2, 0.25) is 0 Å². The minimum atomic E-state index is -0.237. The first-order valence-electron chi connectivity index (χ1n) is 6.32. The van der Waals surface area contributed by atoms with Crippen molar-refractivity contribution in [1.82, 2.24) is 10.3 Å². The highest BCUT2D eigenvalue weighted by atomic mass is 16.2. The Balaban J connectivity index is 1.89. The van der Waals surface area contributed by atoms with Crippen LogP contribution in [0.4, 0.5) is 0 Å². The van der Waals surface area contributed by atoms with Gasteiger partial charge in [0.15, 0.2) is 0 Å². The van der Waals surface area contributed by atoms with E-state index in [0.717, 1.165) is 19.3 Å². The van der Waals surface area contributed by atoms with E-state index in [4.69, 9.17) is 0 Å². The van der Waals surface area contributed by atoms with Gasteiger partial charge in [0.1, 0.15) is 0 Å². The number of nitrogens with one attached hydrogen (secondary N) is 2. The third-order valence-electron chi connectivity index (χ3n) is 3.11. The van der Waals surface area contributed by atoms with Gasteiger partial charge >= 0.3 is 0 Å². The lowest BCUT2D eigenvalue weighted by atomic mass is 10.1. The summed E-state index contributed by atoms with van der Waals surface area (Å²) >= 11 is 0. The van der Waals surface area contributed by atoms with E-state index in [2.05, 4.69) is 16.4 Å². The molecule has 1 aromatic rings. The number of aromatic nitrogens is 1. The molecule has 0 spiro atoms. The Morgan fingerprint density at radius 1 is 1.44 bits per heavy atom. The predicted molar refractivity (Wildman–Crippen MR) is 70.7 cm³/mol. The Kier molecular flexibility index (Phi) is 3.97. The lowest BCUT2D eigenvalue weighted by Gasteiger charge is -2.06. The van der Waals surface area contributed by atoms with Crippen molar-refractivity contribution in [3.8, 4) is 0 Å². The first-order valence-corrected chi connectivity index (χ1v) is 6.32. The molecule has 0 unspecified atom stereocenters. The second-order valence-electron chi connectivity index (χ2n) is 4.68. The highest BCUT2D eigenvalue weighted by Crippen LogP contribution is 2.19. The lowest BCUT2D eigenvalue weighted by molar-refractivity contribution is 0.0953. The molecule has 0 aliphatic heterocycles. The molecule has 0 fully saturated rings. The molecule has 2 rings (SSSR count). The number of rotatable bonds is 4. The van der Waals surface area contributed by atoms with Gasteiger partial charge in [0.05, 0.1) is 0 Å². The average molecular weight is 246 g/mol. The van der Waals surface area contributed by atoms with Crippen molar-refractivity contribution in [2.75, 3.05) is 6.54 Å². The van der Waals surface area contributed by atoms with E-state index in [-0.39, 0.29) is 11.5 Å². The summed E-state index contributed by atoms with van der Waals surface area (Å²) in [7, 11) is 0. The van der Waals surface area contributed by atoms with Crippen molar-refractivity contribution in [2.24, 2.45) is 0 Å². The van der Waals surface area contributed by atoms with Gasteiger partial charge in [-0.05, 0) is 38.7 Å². The fraction of sp³-hybridized carbons (Fsp3) is 0.429. The molecule has 0 atom stereocenters. The van der Waals surface area contributed by atoms with Gasteiger partial charge in [-0.2, -0.15) is 0 Å². The van der Waals surface area contributed by atoms with E-state index in [1.807, 2.05) is 0 Å². The van der Waals surface area contributed by atoms with Crippen LogP contribution in [0.25, 0.3) is 0 Å². The second kappa shape index (κ2) is 5.67. The highest BCUT2D eigenvalue weighted by molar-refractivity contribution is 5.94. The summed E-state index contributed by atoms with van der Waals surface area (Å²) in [5.41, 5.74) is 2.32. The molecular formula is C14H18N2O2. The summed E-state index contributed by atoms with van der Waals surface area (Å²) in [5, 5.41) is 2.85. The molecule has 18 heavy (non-hydrogen) atoms. The molecule has 1 aromatic heterocycles. The van der Waals surface area contributed by atoms with Gasteiger partial charge in [0, 0.05) is 23.9 Å². The molecule has 4 heteroatoms. The van der Waals surface area contributed by atoms with Crippen LogP contribution in [0.5, 0.6) is 0 Å². The van der Waals surface area contributed by atoms with Gasteiger partial charge in [0.2, 0.25) is 5.56 Å². The molecule has 0 saturated heterocycles. The molecule has 96 valence electrons. The van der Waals surface area contributed by atoms with Gasteiger partial charge < -0.3 is 10.3 Å². The van der Waals surface area contributed by atoms with Gasteiger partial charge in [0.25, 0.3) is 5.91 Å². The monoisotopic (exact) mass is 246 g/mol. The van der Waals surface area contributed by atoms with Crippen LogP contribution in [-0.2, 0) is 0 Å². The fourth-order valence-electron chi connectivity index (χ4n) is 2.22. The number of allylic oxidation sites excluding steroid dienone is 1. The van der Waals surface area contributed by atoms with Crippen LogP contribution in [-0.4, -0.2) is 17.4 Å². The molecule has 2 N–H and O–H groups in total. The van der Waals surface area contributed by atoms with E-state index in [9.17, 15) is 9.59 Å². The number of aryl methyl sites for hydroxylation is 1. The molecule has 1 amide bonds. The van der Waals surface area contributed by atoms with Crippen LogP contribution in [0, 0.1) is 6.92 Å². The van der Waals surface area contributed by atoms with E-state index in [1.54, 1.807) is 13.0 Å². The van der Waals surface area contributed by atoms with Crippen molar-refractivity contribution in [3.05, 3.63) is 45.4 Å². The van der Waals surface area contributed by atoms with Crippen LogP contribution in [0.3, 0.4) is 0 Å². The Bertz CT molecular complexity index is 529. The van der Waals surface area contributed by atoms with Crippen LogP contribution in [0.1, 0.15) is 41.7 Å². The van der Waals surface area contributed by atoms with E-state index in [1.165, 1.54) is 18.1 Å². The largest absolute Gasteiger partial charge is 0.352 e. The quantitative estimate of drug-likeness (QED) is 0.797. The third-order valence-corrected chi connectivity index (χ3v) is 3.11. The molecule has 4 nitrogen and oxygen atoms in total. The number of hydrogen-bond donors (Lipinski definition) is 2. The minimum absolute atomic E-state index is 0.178. The zero-order valence-electron chi connectivity index (χ0n) is 10.6. The van der Waals surface area contributed by atoms with Crippen molar-refractivity contribution in [3.63, 3.8) is 0 Å². The number of amides is 1. The number of carbonyl (C=O) groups excluding carboxylic acids is 1. The fourth-order valence-corrected chi connectivity index (χ4v) is 2.22. The SMILES string of the molecule is Cc1cc(C(=O)NCCC2=CCCC2)cc(=O)[nH]1. The zero-order valence-corrected chi connectivity index (χ0v) is 10.6. The summed E-state index contributed by atoms with van der Waals surface area (Å²) in [5.74, 6) is -0.178. The van der Waals surface area contributed by atoms with Gasteiger partial charge in [-0.1, -0.05) is 11.6 Å². The molecule has 1 aliphatic carbocycles. The molecule has 1 heterocycles. The second-order valence-corrected chi connectivity index (χ2v) is 4.68. The maximum absolute atomic E-state index is 11.8. The van der Waals surface area contributed by atoms with Gasteiger partial charge in [-0.15, -0.1) is 0 Å². The first-order chi connectivity index (χ1) is 8.65. The Morgan fingerprint density at radius 3 is 2.94 bits per heavy atom. The summed E-state index contributed by atoms with van der Waals surface area (Å²) < 4.78 is 0. The summed E-state index contributed by atoms with van der Waals surface area (Å²) in [4.78, 5) is 25.7. The average Bonchev–Trinajstić information content (AvgIpc) is 2.80. The number of carbonyl (C=O) groups is 1. The van der Waals surface area contributed by atoms with Gasteiger partial charge in [-0.3, -0.25) is 9.59 Å². The molecule has 0 saturated carbocycles. The predicted octanol–water partition coefficient (Wildman–Crippen LogP) is 1.91. The van der Waals surface area contributed by atoms with Crippen molar-refractivity contribution in [2.45, 2.75) is 32.6 Å². The first kappa shape index (κ1) is 12.6.